The zero-order valence-corrected chi connectivity index (χ0v) is 13.1. The highest BCUT2D eigenvalue weighted by molar-refractivity contribution is 7.89. The number of nitriles is 1. The largest absolute Gasteiger partial charge is 0.481 e. The van der Waals surface area contributed by atoms with Gasteiger partial charge in [-0.15, -0.1) is 0 Å². The predicted molar refractivity (Wildman–Crippen MR) is 77.3 cm³/mol. The second kappa shape index (κ2) is 6.89. The van der Waals surface area contributed by atoms with Gasteiger partial charge in [0.25, 0.3) is 0 Å². The average molecular weight is 331 g/mol. The second-order valence-corrected chi connectivity index (χ2v) is 6.97. The summed E-state index contributed by atoms with van der Waals surface area (Å²) >= 11 is 5.79. The van der Waals surface area contributed by atoms with Crippen molar-refractivity contribution in [2.75, 3.05) is 6.54 Å². The van der Waals surface area contributed by atoms with E-state index >= 15 is 0 Å². The number of carboxylic acids is 1. The van der Waals surface area contributed by atoms with Crippen LogP contribution in [-0.2, 0) is 14.8 Å². The third kappa shape index (κ3) is 4.43. The Hall–Kier alpha value is -1.62. The lowest BCUT2D eigenvalue weighted by atomic mass is 9.97. The molecule has 2 N–H and O–H groups in total. The van der Waals surface area contributed by atoms with Crippen molar-refractivity contribution in [2.24, 2.45) is 11.8 Å². The van der Waals surface area contributed by atoms with Crippen molar-refractivity contribution in [1.82, 2.24) is 4.72 Å². The van der Waals surface area contributed by atoms with Crippen LogP contribution in [0.25, 0.3) is 0 Å². The molecule has 0 bridgehead atoms. The molecule has 1 unspecified atom stereocenters. The molecular formula is C13H15ClN2O4S. The van der Waals surface area contributed by atoms with Crippen LogP contribution in [0.2, 0.25) is 5.02 Å². The van der Waals surface area contributed by atoms with E-state index in [2.05, 4.69) is 4.72 Å². The molecule has 8 heteroatoms. The van der Waals surface area contributed by atoms with Crippen LogP contribution in [0.3, 0.4) is 0 Å². The molecule has 6 nitrogen and oxygen atoms in total. The van der Waals surface area contributed by atoms with Gasteiger partial charge >= 0.3 is 5.97 Å². The maximum Gasteiger partial charge on any atom is 0.308 e. The van der Waals surface area contributed by atoms with E-state index < -0.39 is 21.9 Å². The number of hydrogen-bond donors (Lipinski definition) is 2. The van der Waals surface area contributed by atoms with Crippen LogP contribution in [0.15, 0.2) is 23.1 Å². The van der Waals surface area contributed by atoms with Gasteiger partial charge in [0.15, 0.2) is 0 Å². The van der Waals surface area contributed by atoms with Crippen LogP contribution >= 0.6 is 11.6 Å². The lowest BCUT2D eigenvalue weighted by Crippen LogP contribution is -2.35. The molecule has 0 radical (unpaired) electrons. The Kier molecular flexibility index (Phi) is 5.72. The molecule has 1 rings (SSSR count). The lowest BCUT2D eigenvalue weighted by molar-refractivity contribution is -0.142. The summed E-state index contributed by atoms with van der Waals surface area (Å²) in [6.07, 6.45) is 0. The summed E-state index contributed by atoms with van der Waals surface area (Å²) in [5.41, 5.74) is 0.168. The van der Waals surface area contributed by atoms with Gasteiger partial charge in [-0.05, 0) is 24.1 Å². The molecule has 21 heavy (non-hydrogen) atoms. The molecule has 0 heterocycles. The van der Waals surface area contributed by atoms with Gasteiger partial charge in [-0.25, -0.2) is 13.1 Å². The molecule has 114 valence electrons. The molecule has 0 aliphatic heterocycles. The zero-order chi connectivity index (χ0) is 16.2. The van der Waals surface area contributed by atoms with E-state index in [9.17, 15) is 13.2 Å². The zero-order valence-electron chi connectivity index (χ0n) is 11.5. The number of aliphatic carboxylic acids is 1. The van der Waals surface area contributed by atoms with Gasteiger partial charge in [-0.1, -0.05) is 25.4 Å². The van der Waals surface area contributed by atoms with Gasteiger partial charge < -0.3 is 5.11 Å². The maximum absolute atomic E-state index is 12.1. The minimum atomic E-state index is -3.88. The Morgan fingerprint density at radius 3 is 2.52 bits per heavy atom. The van der Waals surface area contributed by atoms with Crippen molar-refractivity contribution in [3.8, 4) is 6.07 Å². The molecule has 0 amide bonds. The first-order valence-corrected chi connectivity index (χ1v) is 7.97. The molecule has 0 saturated heterocycles. The Morgan fingerprint density at radius 1 is 1.48 bits per heavy atom. The molecule has 1 aromatic rings. The molecule has 0 saturated carbocycles. The van der Waals surface area contributed by atoms with Crippen molar-refractivity contribution >= 4 is 27.6 Å². The van der Waals surface area contributed by atoms with Crippen LogP contribution in [0.4, 0.5) is 0 Å². The summed E-state index contributed by atoms with van der Waals surface area (Å²) in [6.45, 7) is 3.18. The van der Waals surface area contributed by atoms with Gasteiger partial charge in [-0.3, -0.25) is 4.79 Å². The van der Waals surface area contributed by atoms with Crippen LogP contribution in [0.5, 0.6) is 0 Å². The summed E-state index contributed by atoms with van der Waals surface area (Å²) in [7, 11) is -3.88. The van der Waals surface area contributed by atoms with E-state index in [0.717, 1.165) is 6.07 Å². The third-order valence-corrected chi connectivity index (χ3v) is 4.72. The Bertz CT molecular complexity index is 680. The van der Waals surface area contributed by atoms with E-state index in [-0.39, 0.29) is 27.9 Å². The molecule has 0 aliphatic rings. The Labute approximate surface area is 128 Å². The van der Waals surface area contributed by atoms with Gasteiger partial charge in [0.05, 0.1) is 21.4 Å². The highest BCUT2D eigenvalue weighted by Crippen LogP contribution is 2.20. The standard InChI is InChI=1S/C13H15ClN2O4S/c1-8(2)11(13(17)18)7-16-21(19,20)10-4-3-9(6-15)12(14)5-10/h3-5,8,11,16H,7H2,1-2H3,(H,17,18). The molecule has 0 fully saturated rings. The minimum absolute atomic E-state index is 0.0269. The van der Waals surface area contributed by atoms with Crippen molar-refractivity contribution in [1.29, 1.82) is 5.26 Å². The number of nitrogens with zero attached hydrogens (tertiary/aromatic N) is 1. The number of rotatable bonds is 6. The average Bonchev–Trinajstić information content (AvgIpc) is 2.37. The van der Waals surface area contributed by atoms with Crippen molar-refractivity contribution in [3.63, 3.8) is 0 Å². The number of carboxylic acid groups (broad SMARTS) is 1. The smallest absolute Gasteiger partial charge is 0.308 e. The highest BCUT2D eigenvalue weighted by atomic mass is 35.5. The van der Waals surface area contributed by atoms with Crippen LogP contribution in [-0.4, -0.2) is 26.0 Å². The highest BCUT2D eigenvalue weighted by Gasteiger charge is 2.24. The molecular weight excluding hydrogens is 316 g/mol. The van der Waals surface area contributed by atoms with E-state index in [0.29, 0.717) is 0 Å². The number of nitrogens with one attached hydrogen (secondary N) is 1. The third-order valence-electron chi connectivity index (χ3n) is 2.99. The summed E-state index contributed by atoms with van der Waals surface area (Å²) < 4.78 is 26.4. The van der Waals surface area contributed by atoms with E-state index in [1.54, 1.807) is 13.8 Å². The quantitative estimate of drug-likeness (QED) is 0.827. The normalized spacial score (nSPS) is 12.9. The Morgan fingerprint density at radius 2 is 2.10 bits per heavy atom. The predicted octanol–water partition coefficient (Wildman–Crippen LogP) is 1.85. The first-order valence-electron chi connectivity index (χ1n) is 6.11. The minimum Gasteiger partial charge on any atom is -0.481 e. The first-order chi connectivity index (χ1) is 9.69. The number of benzene rings is 1. The van der Waals surface area contributed by atoms with Crippen molar-refractivity contribution < 1.29 is 18.3 Å². The van der Waals surface area contributed by atoms with E-state index in [1.165, 1.54) is 12.1 Å². The number of halogens is 1. The van der Waals surface area contributed by atoms with Crippen molar-refractivity contribution in [3.05, 3.63) is 28.8 Å². The topological polar surface area (TPSA) is 107 Å². The molecule has 0 aliphatic carbocycles. The van der Waals surface area contributed by atoms with Gasteiger partial charge in [0, 0.05) is 6.54 Å². The molecule has 0 aromatic heterocycles. The number of carbonyl (C=O) groups is 1. The lowest BCUT2D eigenvalue weighted by Gasteiger charge is -2.16. The summed E-state index contributed by atoms with van der Waals surface area (Å²) in [6, 6.07) is 5.54. The Balaban J connectivity index is 2.95. The molecule has 0 spiro atoms. The summed E-state index contributed by atoms with van der Waals surface area (Å²) in [4.78, 5) is 10.9. The van der Waals surface area contributed by atoms with Crippen LogP contribution < -0.4 is 4.72 Å². The monoisotopic (exact) mass is 330 g/mol. The first kappa shape index (κ1) is 17.4. The fourth-order valence-electron chi connectivity index (χ4n) is 1.64. The maximum atomic E-state index is 12.1. The SMILES string of the molecule is CC(C)C(CNS(=O)(=O)c1ccc(C#N)c(Cl)c1)C(=O)O. The van der Waals surface area contributed by atoms with E-state index in [1.807, 2.05) is 6.07 Å². The van der Waals surface area contributed by atoms with Crippen LogP contribution in [0.1, 0.15) is 19.4 Å². The summed E-state index contributed by atoms with van der Waals surface area (Å²) in [5.74, 6) is -2.10. The van der Waals surface area contributed by atoms with Gasteiger partial charge in [0.2, 0.25) is 10.0 Å². The van der Waals surface area contributed by atoms with Gasteiger partial charge in [-0.2, -0.15) is 5.26 Å². The fraction of sp³-hybridized carbons (Fsp3) is 0.385. The number of hydrogen-bond acceptors (Lipinski definition) is 4. The van der Waals surface area contributed by atoms with E-state index in [4.69, 9.17) is 22.0 Å². The molecule has 1 atom stereocenters. The second-order valence-electron chi connectivity index (χ2n) is 4.79. The number of sulfonamides is 1. The van der Waals surface area contributed by atoms with Crippen molar-refractivity contribution in [2.45, 2.75) is 18.7 Å². The summed E-state index contributed by atoms with van der Waals surface area (Å²) in [5, 5.41) is 17.8. The van der Waals surface area contributed by atoms with Gasteiger partial charge in [0.1, 0.15) is 6.07 Å². The van der Waals surface area contributed by atoms with Crippen LogP contribution in [0, 0.1) is 23.2 Å². The fourth-order valence-corrected chi connectivity index (χ4v) is 3.02. The molecule has 1 aromatic carbocycles.